The van der Waals surface area contributed by atoms with Gasteiger partial charge in [-0.2, -0.15) is 5.10 Å². The van der Waals surface area contributed by atoms with E-state index in [0.29, 0.717) is 11.3 Å². The van der Waals surface area contributed by atoms with Gasteiger partial charge in [0.2, 0.25) is 0 Å². The highest BCUT2D eigenvalue weighted by atomic mass is 16.1. The maximum atomic E-state index is 12.1. The number of amides is 1. The zero-order chi connectivity index (χ0) is 13.0. The molecule has 1 aliphatic heterocycles. The van der Waals surface area contributed by atoms with Crippen LogP contribution in [-0.2, 0) is 4.79 Å². The second-order valence-corrected chi connectivity index (χ2v) is 3.89. The topological polar surface area (TPSA) is 79.8 Å². The molecule has 1 aromatic rings. The number of carbonyl (C=O) groups is 1. The molecule has 3 N–H and O–H groups in total. The van der Waals surface area contributed by atoms with Crippen molar-refractivity contribution in [3.63, 3.8) is 0 Å². The summed E-state index contributed by atoms with van der Waals surface area (Å²) in [6, 6.07) is 9.03. The van der Waals surface area contributed by atoms with Crippen LogP contribution in [0.2, 0.25) is 0 Å². The largest absolute Gasteiger partial charge is 0.323 e. The van der Waals surface area contributed by atoms with E-state index >= 15 is 0 Å². The molecule has 0 spiro atoms. The highest BCUT2D eigenvalue weighted by Crippen LogP contribution is 2.13. The normalized spacial score (nSPS) is 20.6. The molecule has 5 nitrogen and oxygen atoms in total. The van der Waals surface area contributed by atoms with Crippen LogP contribution in [0.5, 0.6) is 0 Å². The van der Waals surface area contributed by atoms with Gasteiger partial charge >= 0.3 is 0 Å². The number of para-hydroxylation sites is 1. The Kier molecular flexibility index (Phi) is 3.52. The number of allylic oxidation sites excluding steroid dienone is 1. The molecule has 1 amide bonds. The highest BCUT2D eigenvalue weighted by molar-refractivity contribution is 6.29. The molecule has 2 rings (SSSR count). The summed E-state index contributed by atoms with van der Waals surface area (Å²) in [5.41, 5.74) is 1.67. The van der Waals surface area contributed by atoms with Crippen LogP contribution < -0.4 is 11.2 Å². The molecule has 92 valence electrons. The van der Waals surface area contributed by atoms with Crippen molar-refractivity contribution in [2.75, 3.05) is 5.32 Å². The molecular formula is C13H14N4O. The molecule has 0 bridgehead atoms. The van der Waals surface area contributed by atoms with Crippen LogP contribution in [0.3, 0.4) is 0 Å². The number of rotatable bonds is 2. The van der Waals surface area contributed by atoms with Gasteiger partial charge in [-0.1, -0.05) is 18.2 Å². The Bertz CT molecular complexity index is 531. The maximum absolute atomic E-state index is 12.1. The van der Waals surface area contributed by atoms with E-state index in [4.69, 9.17) is 5.84 Å². The Balaban J connectivity index is 2.19. The van der Waals surface area contributed by atoms with Crippen molar-refractivity contribution >= 4 is 23.5 Å². The number of benzene rings is 1. The summed E-state index contributed by atoms with van der Waals surface area (Å²) >= 11 is 0. The Morgan fingerprint density at radius 1 is 1.39 bits per heavy atom. The molecule has 0 aliphatic carbocycles. The summed E-state index contributed by atoms with van der Waals surface area (Å²) in [5.74, 6) is 5.08. The molecule has 0 radical (unpaired) electrons. The minimum absolute atomic E-state index is 0.198. The molecule has 0 saturated heterocycles. The summed E-state index contributed by atoms with van der Waals surface area (Å²) < 4.78 is 0. The Hall–Kier alpha value is -2.43. The molecule has 1 aromatic carbocycles. The van der Waals surface area contributed by atoms with E-state index in [0.717, 1.165) is 5.69 Å². The third kappa shape index (κ3) is 2.45. The fraction of sp³-hybridized carbons (Fsp3) is 0.154. The first-order valence-corrected chi connectivity index (χ1v) is 5.60. The molecule has 0 fully saturated rings. The second-order valence-electron chi connectivity index (χ2n) is 3.89. The lowest BCUT2D eigenvalue weighted by Gasteiger charge is -2.16. The van der Waals surface area contributed by atoms with Crippen molar-refractivity contribution in [2.24, 2.45) is 15.9 Å². The molecule has 1 atom stereocenters. The van der Waals surface area contributed by atoms with E-state index in [9.17, 15) is 4.79 Å². The van der Waals surface area contributed by atoms with Crippen molar-refractivity contribution in [3.8, 4) is 0 Å². The van der Waals surface area contributed by atoms with Gasteiger partial charge in [-0.05, 0) is 25.1 Å². The van der Waals surface area contributed by atoms with Crippen LogP contribution in [0.4, 0.5) is 5.69 Å². The smallest absolute Gasteiger partial charge is 0.257 e. The van der Waals surface area contributed by atoms with Crippen molar-refractivity contribution in [3.05, 3.63) is 42.0 Å². The number of hydrogen-bond donors (Lipinski definition) is 2. The van der Waals surface area contributed by atoms with Gasteiger partial charge in [0.15, 0.2) is 0 Å². The number of nitrogens with zero attached hydrogens (tertiary/aromatic N) is 2. The van der Waals surface area contributed by atoms with E-state index < -0.39 is 0 Å². The summed E-state index contributed by atoms with van der Waals surface area (Å²) in [5, 5.41) is 6.44. The van der Waals surface area contributed by atoms with Gasteiger partial charge in [0, 0.05) is 11.9 Å². The summed E-state index contributed by atoms with van der Waals surface area (Å²) in [7, 11) is 0. The molecular weight excluding hydrogens is 228 g/mol. The first kappa shape index (κ1) is 12.0. The number of aliphatic imine (C=N–C) groups is 1. The lowest BCUT2D eigenvalue weighted by atomic mass is 10.0. The fourth-order valence-corrected chi connectivity index (χ4v) is 1.72. The number of nitrogens with one attached hydrogen (secondary N) is 1. The van der Waals surface area contributed by atoms with E-state index in [1.54, 1.807) is 12.3 Å². The average molecular weight is 242 g/mol. The monoisotopic (exact) mass is 242 g/mol. The van der Waals surface area contributed by atoms with Crippen LogP contribution >= 0.6 is 0 Å². The van der Waals surface area contributed by atoms with Crippen LogP contribution in [0.25, 0.3) is 0 Å². The van der Waals surface area contributed by atoms with E-state index in [1.807, 2.05) is 37.3 Å². The molecule has 1 aliphatic rings. The van der Waals surface area contributed by atoms with Crippen molar-refractivity contribution in [1.29, 1.82) is 0 Å². The number of carbonyl (C=O) groups excluding carboxylic acids is 1. The van der Waals surface area contributed by atoms with E-state index in [-0.39, 0.29) is 11.9 Å². The standard InChI is InChI=1S/C13H14N4O/c1-9-12(17-14)11(7-8-15-9)13(18)16-10-5-3-2-4-6-10/h2-9H,14H2,1H3,(H,16,18). The van der Waals surface area contributed by atoms with Crippen LogP contribution in [0.15, 0.2) is 52.1 Å². The maximum Gasteiger partial charge on any atom is 0.257 e. The van der Waals surface area contributed by atoms with Gasteiger partial charge in [-0.15, -0.1) is 0 Å². The lowest BCUT2D eigenvalue weighted by Crippen LogP contribution is -2.30. The van der Waals surface area contributed by atoms with E-state index in [2.05, 4.69) is 15.4 Å². The zero-order valence-electron chi connectivity index (χ0n) is 10.00. The Labute approximate surface area is 105 Å². The molecule has 0 aromatic heterocycles. The third-order valence-corrected chi connectivity index (χ3v) is 2.64. The Morgan fingerprint density at radius 2 is 2.11 bits per heavy atom. The third-order valence-electron chi connectivity index (χ3n) is 2.64. The van der Waals surface area contributed by atoms with Gasteiger partial charge in [0.1, 0.15) is 0 Å². The minimum Gasteiger partial charge on any atom is -0.323 e. The summed E-state index contributed by atoms with van der Waals surface area (Å²) in [6.45, 7) is 1.84. The van der Waals surface area contributed by atoms with Gasteiger partial charge < -0.3 is 11.2 Å². The van der Waals surface area contributed by atoms with Gasteiger partial charge in [-0.3, -0.25) is 9.79 Å². The van der Waals surface area contributed by atoms with Crippen LogP contribution in [0, 0.1) is 0 Å². The molecule has 0 saturated carbocycles. The number of hydrogen-bond acceptors (Lipinski definition) is 4. The first-order valence-electron chi connectivity index (χ1n) is 5.60. The second kappa shape index (κ2) is 5.27. The number of nitrogens with two attached hydrogens (primary N) is 1. The first-order chi connectivity index (χ1) is 8.72. The summed E-state index contributed by atoms with van der Waals surface area (Å²) in [6.07, 6.45) is 3.21. The van der Waals surface area contributed by atoms with Gasteiger partial charge in [0.05, 0.1) is 17.3 Å². The quantitative estimate of drug-likeness (QED) is 0.606. The molecule has 1 unspecified atom stereocenters. The summed E-state index contributed by atoms with van der Waals surface area (Å²) in [4.78, 5) is 16.2. The van der Waals surface area contributed by atoms with Crippen molar-refractivity contribution in [1.82, 2.24) is 0 Å². The number of dihydropyridines is 1. The van der Waals surface area contributed by atoms with Crippen LogP contribution in [0.1, 0.15) is 6.92 Å². The predicted octanol–water partition coefficient (Wildman–Crippen LogP) is 1.34. The molecule has 1 heterocycles. The van der Waals surface area contributed by atoms with Crippen molar-refractivity contribution in [2.45, 2.75) is 13.0 Å². The van der Waals surface area contributed by atoms with Gasteiger partial charge in [0.25, 0.3) is 5.91 Å². The van der Waals surface area contributed by atoms with Crippen molar-refractivity contribution < 1.29 is 4.79 Å². The lowest BCUT2D eigenvalue weighted by molar-refractivity contribution is -0.112. The average Bonchev–Trinajstić information content (AvgIpc) is 2.39. The predicted molar refractivity (Wildman–Crippen MR) is 72.7 cm³/mol. The number of hydrazone groups is 1. The Morgan fingerprint density at radius 3 is 2.78 bits per heavy atom. The fourth-order valence-electron chi connectivity index (χ4n) is 1.72. The van der Waals surface area contributed by atoms with E-state index in [1.165, 1.54) is 0 Å². The zero-order valence-corrected chi connectivity index (χ0v) is 10.00. The minimum atomic E-state index is -0.233. The SMILES string of the molecule is CC1N=CC=C(C(=O)Nc2ccccc2)C1=NN. The number of anilines is 1. The molecule has 5 heteroatoms. The molecule has 18 heavy (non-hydrogen) atoms. The van der Waals surface area contributed by atoms with Gasteiger partial charge in [-0.25, -0.2) is 0 Å². The van der Waals surface area contributed by atoms with Crippen LogP contribution in [-0.4, -0.2) is 23.9 Å². The highest BCUT2D eigenvalue weighted by Gasteiger charge is 2.22.